The van der Waals surface area contributed by atoms with Crippen molar-refractivity contribution in [3.05, 3.63) is 29.8 Å². The molecule has 80 valence electrons. The predicted molar refractivity (Wildman–Crippen MR) is 64.2 cm³/mol. The first-order chi connectivity index (χ1) is 6.34. The second-order valence-corrected chi connectivity index (χ2v) is 3.17. The molecule has 4 heteroatoms. The number of hydrogen-bond acceptors (Lipinski definition) is 2. The maximum atomic E-state index is 5.55. The van der Waals surface area contributed by atoms with Crippen molar-refractivity contribution in [2.24, 2.45) is 0 Å². The van der Waals surface area contributed by atoms with E-state index < -0.39 is 0 Å². The molecule has 1 atom stereocenters. The van der Waals surface area contributed by atoms with Crippen molar-refractivity contribution in [3.8, 4) is 5.75 Å². The van der Waals surface area contributed by atoms with E-state index in [1.165, 1.54) is 5.56 Å². The lowest BCUT2D eigenvalue weighted by atomic mass is 10.2. The molecule has 0 saturated heterocycles. The molecule has 0 saturated carbocycles. The van der Waals surface area contributed by atoms with Gasteiger partial charge >= 0.3 is 0 Å². The first-order valence-corrected chi connectivity index (χ1v) is 4.82. The molecule has 0 radical (unpaired) electrons. The van der Waals surface area contributed by atoms with Crippen molar-refractivity contribution in [1.82, 2.24) is 0 Å². The van der Waals surface area contributed by atoms with E-state index >= 15 is 0 Å². The van der Waals surface area contributed by atoms with Crippen molar-refractivity contribution in [1.29, 1.82) is 0 Å². The normalized spacial score (nSPS) is 9.29. The lowest BCUT2D eigenvalue weighted by Crippen LogP contribution is -2.00. The van der Waals surface area contributed by atoms with Gasteiger partial charge in [-0.3, -0.25) is 0 Å². The molecular weight excluding hydrogens is 219 g/mol. The van der Waals surface area contributed by atoms with E-state index in [4.69, 9.17) is 9.26 Å². The zero-order valence-corrected chi connectivity index (χ0v) is 10.2. The maximum Gasteiger partial charge on any atom is 0.122 e. The van der Waals surface area contributed by atoms with Gasteiger partial charge in [-0.1, -0.05) is 18.2 Å². The highest BCUT2D eigenvalue weighted by Crippen LogP contribution is 2.16. The lowest BCUT2D eigenvalue weighted by molar-refractivity contribution is 0.265. The van der Waals surface area contributed by atoms with Crippen molar-refractivity contribution >= 4 is 21.9 Å². The van der Waals surface area contributed by atoms with Gasteiger partial charge in [0, 0.05) is 15.9 Å². The Bertz CT molecular complexity index is 256. The van der Waals surface area contributed by atoms with Gasteiger partial charge in [0.2, 0.25) is 0 Å². The van der Waals surface area contributed by atoms with Crippen LogP contribution in [0.4, 0.5) is 0 Å². The van der Waals surface area contributed by atoms with E-state index in [2.05, 4.69) is 9.47 Å². The topological polar surface area (TPSA) is 18.5 Å². The SMILES string of the molecule is Cc1ccccc1OCCCOP.Cl. The van der Waals surface area contributed by atoms with Crippen LogP contribution in [0.2, 0.25) is 0 Å². The van der Waals surface area contributed by atoms with Crippen molar-refractivity contribution < 1.29 is 9.26 Å². The average Bonchev–Trinajstić information content (AvgIpc) is 2.15. The number of benzene rings is 1. The summed E-state index contributed by atoms with van der Waals surface area (Å²) >= 11 is 0. The second kappa shape index (κ2) is 8.05. The number of rotatable bonds is 5. The summed E-state index contributed by atoms with van der Waals surface area (Å²) in [6, 6.07) is 8.01. The number of ether oxygens (including phenoxy) is 1. The average molecular weight is 235 g/mol. The third kappa shape index (κ3) is 4.80. The summed E-state index contributed by atoms with van der Waals surface area (Å²) in [7, 11) is 2.23. The molecule has 1 aromatic rings. The van der Waals surface area contributed by atoms with E-state index in [0.29, 0.717) is 6.61 Å². The first-order valence-electron chi connectivity index (χ1n) is 4.34. The lowest BCUT2D eigenvalue weighted by Gasteiger charge is -2.07. The molecule has 0 N–H and O–H groups in total. The fraction of sp³-hybridized carbons (Fsp3) is 0.400. The van der Waals surface area contributed by atoms with Gasteiger partial charge in [-0.2, -0.15) is 0 Å². The van der Waals surface area contributed by atoms with Gasteiger partial charge in [-0.25, -0.2) is 0 Å². The highest BCUT2D eigenvalue weighted by Gasteiger charge is 1.96. The van der Waals surface area contributed by atoms with Crippen LogP contribution in [0.25, 0.3) is 0 Å². The molecule has 0 fully saturated rings. The number of aryl methyl sites for hydroxylation is 1. The van der Waals surface area contributed by atoms with E-state index in [1.807, 2.05) is 31.2 Å². The summed E-state index contributed by atoms with van der Waals surface area (Å²) in [5.41, 5.74) is 1.18. The molecule has 1 aromatic carbocycles. The van der Waals surface area contributed by atoms with Crippen LogP contribution in [-0.2, 0) is 4.52 Å². The summed E-state index contributed by atoms with van der Waals surface area (Å²) in [4.78, 5) is 0. The molecule has 0 bridgehead atoms. The zero-order valence-electron chi connectivity index (χ0n) is 8.23. The van der Waals surface area contributed by atoms with Gasteiger partial charge in [0.05, 0.1) is 13.2 Å². The zero-order chi connectivity index (χ0) is 9.52. The molecule has 2 nitrogen and oxygen atoms in total. The van der Waals surface area contributed by atoms with E-state index in [0.717, 1.165) is 18.8 Å². The van der Waals surface area contributed by atoms with Crippen molar-refractivity contribution in [2.45, 2.75) is 13.3 Å². The Labute approximate surface area is 93.7 Å². The smallest absolute Gasteiger partial charge is 0.122 e. The minimum Gasteiger partial charge on any atom is -0.493 e. The van der Waals surface area contributed by atoms with Crippen LogP contribution in [0, 0.1) is 6.92 Å². The summed E-state index contributed by atoms with van der Waals surface area (Å²) in [5, 5.41) is 0. The highest BCUT2D eigenvalue weighted by atomic mass is 35.5. The molecular formula is C10H16ClO2P. The van der Waals surface area contributed by atoms with E-state index in [1.54, 1.807) is 0 Å². The van der Waals surface area contributed by atoms with Crippen LogP contribution < -0.4 is 4.74 Å². The second-order valence-electron chi connectivity index (χ2n) is 2.84. The minimum absolute atomic E-state index is 0. The van der Waals surface area contributed by atoms with E-state index in [-0.39, 0.29) is 12.4 Å². The summed E-state index contributed by atoms with van der Waals surface area (Å²) in [6.45, 7) is 3.47. The molecule has 0 aliphatic rings. The Hall–Kier alpha value is -0.300. The van der Waals surface area contributed by atoms with Crippen molar-refractivity contribution in [3.63, 3.8) is 0 Å². The predicted octanol–water partition coefficient (Wildman–Crippen LogP) is 2.99. The van der Waals surface area contributed by atoms with Crippen LogP contribution in [0.1, 0.15) is 12.0 Å². The maximum absolute atomic E-state index is 5.55. The van der Waals surface area contributed by atoms with Crippen molar-refractivity contribution in [2.75, 3.05) is 13.2 Å². The number of halogens is 1. The van der Waals surface area contributed by atoms with Gasteiger partial charge in [0.1, 0.15) is 5.75 Å². The van der Waals surface area contributed by atoms with Gasteiger partial charge in [-0.15, -0.1) is 12.4 Å². The molecule has 14 heavy (non-hydrogen) atoms. The fourth-order valence-electron chi connectivity index (χ4n) is 1.04. The Morgan fingerprint density at radius 3 is 2.57 bits per heavy atom. The quantitative estimate of drug-likeness (QED) is 0.576. The molecule has 0 spiro atoms. The highest BCUT2D eigenvalue weighted by molar-refractivity contribution is 7.09. The summed E-state index contributed by atoms with van der Waals surface area (Å²) in [6.07, 6.45) is 0.915. The van der Waals surface area contributed by atoms with E-state index in [9.17, 15) is 0 Å². The Kier molecular flexibility index (Phi) is 7.87. The molecule has 0 aliphatic heterocycles. The summed E-state index contributed by atoms with van der Waals surface area (Å²) in [5.74, 6) is 0.964. The van der Waals surface area contributed by atoms with Gasteiger partial charge < -0.3 is 9.26 Å². The van der Waals surface area contributed by atoms with Crippen LogP contribution >= 0.6 is 21.9 Å². The fourth-order valence-corrected chi connectivity index (χ4v) is 1.21. The van der Waals surface area contributed by atoms with Gasteiger partial charge in [-0.05, 0) is 18.6 Å². The van der Waals surface area contributed by atoms with Crippen LogP contribution in [0.3, 0.4) is 0 Å². The van der Waals surface area contributed by atoms with Gasteiger partial charge in [0.25, 0.3) is 0 Å². The number of hydrogen-bond donors (Lipinski definition) is 0. The van der Waals surface area contributed by atoms with Crippen LogP contribution in [-0.4, -0.2) is 13.2 Å². The molecule has 1 rings (SSSR count). The summed E-state index contributed by atoms with van der Waals surface area (Å²) < 4.78 is 10.4. The molecule has 0 aliphatic carbocycles. The number of para-hydroxylation sites is 1. The molecule has 0 heterocycles. The third-order valence-electron chi connectivity index (χ3n) is 1.76. The minimum atomic E-state index is 0. The third-order valence-corrected chi connectivity index (χ3v) is 1.99. The Balaban J connectivity index is 0.00000169. The molecule has 0 amide bonds. The Morgan fingerprint density at radius 1 is 1.21 bits per heavy atom. The Morgan fingerprint density at radius 2 is 1.93 bits per heavy atom. The largest absolute Gasteiger partial charge is 0.493 e. The molecule has 0 aromatic heterocycles. The molecule has 1 unspecified atom stereocenters. The monoisotopic (exact) mass is 234 g/mol. The first kappa shape index (κ1) is 13.7. The van der Waals surface area contributed by atoms with Crippen LogP contribution in [0.5, 0.6) is 5.75 Å². The standard InChI is InChI=1S/C10H15O2P.ClH/c1-9-5-2-3-6-10(9)11-7-4-8-12-13;/h2-3,5-6H,4,7-8,13H2,1H3;1H. The van der Waals surface area contributed by atoms with Crippen LogP contribution in [0.15, 0.2) is 24.3 Å². The van der Waals surface area contributed by atoms with Gasteiger partial charge in [0.15, 0.2) is 0 Å².